The Hall–Kier alpha value is -17.8. The zero-order valence-corrected chi connectivity index (χ0v) is 79.8. The monoisotopic (exact) mass is 1900 g/mol. The largest absolute Gasteiger partial charge is 0.497 e. The summed E-state index contributed by atoms with van der Waals surface area (Å²) in [5.41, 5.74) is 13.4. The van der Waals surface area contributed by atoms with Crippen LogP contribution in [0.15, 0.2) is 336 Å². The Labute approximate surface area is 809 Å². The van der Waals surface area contributed by atoms with Gasteiger partial charge in [0.15, 0.2) is 17.5 Å². The van der Waals surface area contributed by atoms with Gasteiger partial charge in [0.25, 0.3) is 44.5 Å². The molecule has 0 saturated heterocycles. The molecule has 0 bridgehead atoms. The van der Waals surface area contributed by atoms with E-state index in [4.69, 9.17) is 19.2 Å². The van der Waals surface area contributed by atoms with Crippen molar-refractivity contribution in [2.75, 3.05) is 21.3 Å². The standard InChI is InChI=1S/C28H27N5O3.C27H22N6O2S.C27H25N5O3.C26H23N5O3/c1-4-21-8-7-9-22(30-21)18-31-19(2)27-24(16-26(31)34)32(17-20-11-13-23(36-3)14-12-20)33(28(27)35)25-10-5-6-15-29-25;1-17-7-6-10-20(29-17)16-31-18(2)25-22(13-24(31)34)32(15-19-8-4-3-5-9-19)33(26(25)35)27-30-21-11-12-28-14-23(21)36-27;1-18-7-6-8-21(29-18)17-30-19(2)26-23(15-25(30)33)31(16-20-10-12-22(35-3)13-11-20)32(27(26)34)24-9-4-5-14-28-24;1-18-25-21(15-24(32)29(18)17-20-11-8-13-23(28-20)34-2)30(16-19-9-4-3-5-10-19)31(26(25)33)22-12-6-7-14-27-22/h5-16H,4,17-18H2,1-3H3;3-14H,15-16H2,1-2H3;4-15H,16-17H2,1-3H3;3-15H,16-17H2,1-2H3. The fourth-order valence-corrected chi connectivity index (χ4v) is 18.5. The van der Waals surface area contributed by atoms with E-state index in [2.05, 4.69) is 39.9 Å². The molecule has 0 fully saturated rings. The van der Waals surface area contributed by atoms with Gasteiger partial charge in [-0.2, -0.15) is 18.7 Å². The van der Waals surface area contributed by atoms with Crippen molar-refractivity contribution in [2.45, 2.75) is 107 Å². The van der Waals surface area contributed by atoms with Gasteiger partial charge in [0.1, 0.15) is 11.5 Å². The van der Waals surface area contributed by atoms with Crippen molar-refractivity contribution in [3.05, 3.63) is 466 Å². The van der Waals surface area contributed by atoms with Gasteiger partial charge in [-0.05, 0) is 179 Å². The first kappa shape index (κ1) is 93.6. The first-order valence-electron chi connectivity index (χ1n) is 45.5. The van der Waals surface area contributed by atoms with Crippen molar-refractivity contribution in [1.29, 1.82) is 0 Å². The minimum atomic E-state index is -0.227. The van der Waals surface area contributed by atoms with Crippen LogP contribution in [0.1, 0.15) is 91.8 Å². The molecular weight excluding hydrogens is 1800 g/mol. The highest BCUT2D eigenvalue weighted by molar-refractivity contribution is 7.20. The van der Waals surface area contributed by atoms with E-state index in [1.165, 1.54) is 38.9 Å². The van der Waals surface area contributed by atoms with Crippen molar-refractivity contribution in [2.24, 2.45) is 0 Å². The zero-order chi connectivity index (χ0) is 98.2. The lowest BCUT2D eigenvalue weighted by atomic mass is 10.2. The van der Waals surface area contributed by atoms with Crippen LogP contribution in [-0.2, 0) is 58.8 Å². The number of benzene rings is 4. The summed E-state index contributed by atoms with van der Waals surface area (Å²) in [6.07, 6.45) is 9.18. The third-order valence-electron chi connectivity index (χ3n) is 24.6. The number of rotatable bonds is 24. The number of hydrogen-bond acceptors (Lipinski definition) is 21. The molecule has 17 aromatic heterocycles. The Morgan fingerprint density at radius 1 is 0.298 bits per heavy atom. The summed E-state index contributed by atoms with van der Waals surface area (Å²) in [4.78, 5) is 149. The second-order valence-corrected chi connectivity index (χ2v) is 34.6. The molecule has 0 spiro atoms. The normalized spacial score (nSPS) is 11.2. The van der Waals surface area contributed by atoms with Crippen LogP contribution in [-0.4, -0.2) is 122 Å². The summed E-state index contributed by atoms with van der Waals surface area (Å²) >= 11 is 1.40. The van der Waals surface area contributed by atoms with Gasteiger partial charge in [0, 0.05) is 101 Å². The molecule has 17 heterocycles. The number of aryl methyl sites for hydroxylation is 7. The number of thiazole rings is 1. The number of pyridine rings is 12. The average Bonchev–Trinajstić information content (AvgIpc) is 1.50. The molecule has 0 N–H and O–H groups in total. The molecule has 706 valence electrons. The van der Waals surface area contributed by atoms with Gasteiger partial charge in [-0.3, -0.25) is 77.0 Å². The second kappa shape index (κ2) is 41.0. The summed E-state index contributed by atoms with van der Waals surface area (Å²) in [6.45, 7) is 15.8. The van der Waals surface area contributed by atoms with Gasteiger partial charge in [0.05, 0.1) is 150 Å². The predicted octanol–water partition coefficient (Wildman–Crippen LogP) is 14.4. The van der Waals surface area contributed by atoms with Crippen molar-refractivity contribution in [3.63, 3.8) is 0 Å². The van der Waals surface area contributed by atoms with E-state index in [0.717, 1.165) is 84.6 Å². The van der Waals surface area contributed by atoms with Gasteiger partial charge in [0.2, 0.25) is 11.0 Å². The van der Waals surface area contributed by atoms with E-state index in [1.54, 1.807) is 142 Å². The Balaban J connectivity index is 0.000000124. The molecule has 0 aliphatic rings. The fourth-order valence-electron chi connectivity index (χ4n) is 17.6. The number of fused-ring (bicyclic) bond motifs is 5. The lowest BCUT2D eigenvalue weighted by Gasteiger charge is -2.14. The molecule has 0 saturated carbocycles. The SMILES string of the molecule is CCc1cccc(Cn2c(C)c3c(=O)n(-c4ccccn4)n(Cc4ccc(OC)cc4)c3cc2=O)n1.COc1ccc(Cn2c3cc(=O)n(Cc4cccc(C)n4)c(C)c3c(=O)n2-c2ccccn2)cc1.COc1cccc(Cn2c(C)c3c(=O)n(-c4ccccn4)n(Cc4ccccc4)c3cc2=O)n1.Cc1cccc(Cn2c(C)c3c(=O)n(-c4nc5ccncc5s4)n(Cc4ccccc4)c3cc2=O)n1. The smallest absolute Gasteiger partial charge is 0.283 e. The van der Waals surface area contributed by atoms with Crippen LogP contribution in [0, 0.1) is 41.5 Å². The summed E-state index contributed by atoms with van der Waals surface area (Å²) in [6, 6.07) is 81.8. The van der Waals surface area contributed by atoms with Crippen molar-refractivity contribution in [3.8, 4) is 40.0 Å². The van der Waals surface area contributed by atoms with E-state index in [1.807, 2.05) is 254 Å². The number of hydrogen-bond donors (Lipinski definition) is 0. The maximum atomic E-state index is 14.0. The van der Waals surface area contributed by atoms with E-state index >= 15 is 0 Å². The number of ether oxygens (including phenoxy) is 3. The molecule has 141 heavy (non-hydrogen) atoms. The third-order valence-corrected chi connectivity index (χ3v) is 25.6. The minimum Gasteiger partial charge on any atom is -0.497 e. The molecule has 32 nitrogen and oxygen atoms in total. The first-order chi connectivity index (χ1) is 68.5. The van der Waals surface area contributed by atoms with Crippen molar-refractivity contribution < 1.29 is 14.2 Å². The predicted molar refractivity (Wildman–Crippen MR) is 545 cm³/mol. The molecule has 0 aliphatic heterocycles. The van der Waals surface area contributed by atoms with Crippen LogP contribution in [0.5, 0.6) is 17.4 Å². The zero-order valence-electron chi connectivity index (χ0n) is 78.9. The highest BCUT2D eigenvalue weighted by Crippen LogP contribution is 2.30. The van der Waals surface area contributed by atoms with Gasteiger partial charge in [-0.1, -0.05) is 146 Å². The van der Waals surface area contributed by atoms with Gasteiger partial charge < -0.3 is 32.5 Å². The molecule has 0 atom stereocenters. The summed E-state index contributed by atoms with van der Waals surface area (Å²) in [7, 11) is 4.79. The molecule has 0 aliphatic carbocycles. The van der Waals surface area contributed by atoms with Crippen LogP contribution in [0.3, 0.4) is 0 Å². The topological polar surface area (TPSA) is 339 Å². The van der Waals surface area contributed by atoms with E-state index in [-0.39, 0.29) is 57.6 Å². The highest BCUT2D eigenvalue weighted by atomic mass is 32.1. The van der Waals surface area contributed by atoms with E-state index in [9.17, 15) is 38.4 Å². The third kappa shape index (κ3) is 19.5. The molecule has 4 aromatic carbocycles. The van der Waals surface area contributed by atoms with E-state index < -0.39 is 0 Å². The molecule has 0 unspecified atom stereocenters. The quantitative estimate of drug-likeness (QED) is 0.0542. The van der Waals surface area contributed by atoms with Crippen molar-refractivity contribution >= 4 is 65.2 Å². The second-order valence-electron chi connectivity index (χ2n) is 33.6. The van der Waals surface area contributed by atoms with Crippen LogP contribution in [0.4, 0.5) is 0 Å². The maximum absolute atomic E-state index is 14.0. The Kier molecular flexibility index (Phi) is 27.3. The molecule has 0 amide bonds. The van der Waals surface area contributed by atoms with Crippen LogP contribution in [0.2, 0.25) is 0 Å². The fraction of sp³-hybridized carbons (Fsp3) is 0.176. The Morgan fingerprint density at radius 3 is 0.979 bits per heavy atom. The average molecular weight is 1900 g/mol. The van der Waals surface area contributed by atoms with Gasteiger partial charge in [-0.25, -0.2) is 24.9 Å². The Morgan fingerprint density at radius 2 is 0.631 bits per heavy atom. The lowest BCUT2D eigenvalue weighted by Crippen LogP contribution is -2.24. The van der Waals surface area contributed by atoms with Gasteiger partial charge >= 0.3 is 0 Å². The molecule has 0 radical (unpaired) electrons. The van der Waals surface area contributed by atoms with Crippen LogP contribution >= 0.6 is 11.3 Å². The minimum absolute atomic E-state index is 0.184. The molecule has 33 heteroatoms. The number of nitrogens with zero attached hydrogens (tertiary/aromatic N) is 21. The Bertz CT molecular complexity index is 8730. The lowest BCUT2D eigenvalue weighted by molar-refractivity contribution is 0.395. The summed E-state index contributed by atoms with van der Waals surface area (Å²) in [5, 5.41) is 2.48. The van der Waals surface area contributed by atoms with E-state index in [0.29, 0.717) is 140 Å². The van der Waals surface area contributed by atoms with Crippen LogP contribution < -0.4 is 58.7 Å². The first-order valence-corrected chi connectivity index (χ1v) is 46.4. The number of aromatic nitrogens is 21. The highest BCUT2D eigenvalue weighted by Gasteiger charge is 2.28. The summed E-state index contributed by atoms with van der Waals surface area (Å²) in [5.74, 6) is 3.43. The van der Waals surface area contributed by atoms with Crippen molar-refractivity contribution in [1.82, 2.24) is 101 Å². The number of methoxy groups -OCH3 is 3. The molecular formula is C108H97N21O11S. The molecule has 21 aromatic rings. The van der Waals surface area contributed by atoms with Gasteiger partial charge in [-0.15, -0.1) is 0 Å². The summed E-state index contributed by atoms with van der Waals surface area (Å²) < 4.78 is 36.5. The molecule has 21 rings (SSSR count). The van der Waals surface area contributed by atoms with Crippen LogP contribution in [0.25, 0.3) is 76.4 Å². The maximum Gasteiger partial charge on any atom is 0.283 e.